The van der Waals surface area contributed by atoms with Crippen LogP contribution in [0.25, 0.3) is 0 Å². The Balaban J connectivity index is 2.14. The maximum Gasteiger partial charge on any atom is 0.339 e. The van der Waals surface area contributed by atoms with Crippen molar-refractivity contribution in [2.45, 2.75) is 18.9 Å². The lowest BCUT2D eigenvalue weighted by atomic mass is 10.1. The highest BCUT2D eigenvalue weighted by Crippen LogP contribution is 2.21. The maximum absolute atomic E-state index is 11.1. The van der Waals surface area contributed by atoms with Crippen LogP contribution in [0.15, 0.2) is 18.2 Å². The lowest BCUT2D eigenvalue weighted by molar-refractivity contribution is 0.0691. The number of ether oxygens (including phenoxy) is 1. The average Bonchev–Trinajstić information content (AvgIpc) is 2.89. The van der Waals surface area contributed by atoms with Crippen molar-refractivity contribution in [1.29, 1.82) is 0 Å². The van der Waals surface area contributed by atoms with Crippen LogP contribution in [0.3, 0.4) is 0 Å². The van der Waals surface area contributed by atoms with E-state index in [0.717, 1.165) is 25.5 Å². The molecule has 0 aliphatic carbocycles. The van der Waals surface area contributed by atoms with Crippen molar-refractivity contribution >= 4 is 11.9 Å². The van der Waals surface area contributed by atoms with Gasteiger partial charge in [0.05, 0.1) is 5.56 Å². The summed E-state index contributed by atoms with van der Waals surface area (Å²) >= 11 is 0. The second-order valence-electron chi connectivity index (χ2n) is 4.43. The van der Waals surface area contributed by atoms with Gasteiger partial charge in [-0.25, -0.2) is 9.59 Å². The van der Waals surface area contributed by atoms with Gasteiger partial charge in [-0.2, -0.15) is 0 Å². The van der Waals surface area contributed by atoms with E-state index in [1.807, 2.05) is 0 Å². The quantitative estimate of drug-likeness (QED) is 0.740. The third-order valence-corrected chi connectivity index (χ3v) is 3.06. The molecule has 0 bridgehead atoms. The number of hydrogen-bond donors (Lipinski definition) is 3. The molecule has 0 radical (unpaired) electrons. The number of rotatable bonds is 5. The lowest BCUT2D eigenvalue weighted by Crippen LogP contribution is -2.28. The summed E-state index contributed by atoms with van der Waals surface area (Å²) in [5.41, 5.74) is -0.193. The minimum Gasteiger partial charge on any atom is -0.491 e. The van der Waals surface area contributed by atoms with Crippen LogP contribution >= 0.6 is 0 Å². The molecule has 0 amide bonds. The molecule has 0 saturated carbocycles. The zero-order chi connectivity index (χ0) is 13.8. The molecule has 1 aliphatic rings. The third-order valence-electron chi connectivity index (χ3n) is 3.06. The Bertz CT molecular complexity index is 494. The number of carboxylic acids is 2. The minimum absolute atomic E-state index is 0.0660. The van der Waals surface area contributed by atoms with E-state index in [2.05, 4.69) is 5.32 Å². The number of hydrogen-bond acceptors (Lipinski definition) is 4. The van der Waals surface area contributed by atoms with Gasteiger partial charge in [-0.05, 0) is 37.6 Å². The topological polar surface area (TPSA) is 95.9 Å². The van der Waals surface area contributed by atoms with E-state index in [1.54, 1.807) is 0 Å². The van der Waals surface area contributed by atoms with Crippen molar-refractivity contribution in [1.82, 2.24) is 5.32 Å². The summed E-state index contributed by atoms with van der Waals surface area (Å²) < 4.78 is 5.48. The second-order valence-corrected chi connectivity index (χ2v) is 4.43. The molecule has 1 atom stereocenters. The van der Waals surface area contributed by atoms with Crippen molar-refractivity contribution in [2.24, 2.45) is 0 Å². The van der Waals surface area contributed by atoms with Crippen LogP contribution < -0.4 is 10.1 Å². The molecular weight excluding hydrogens is 250 g/mol. The Morgan fingerprint density at radius 1 is 1.32 bits per heavy atom. The van der Waals surface area contributed by atoms with E-state index in [9.17, 15) is 9.59 Å². The predicted molar refractivity (Wildman–Crippen MR) is 66.9 cm³/mol. The molecule has 1 aliphatic heterocycles. The first kappa shape index (κ1) is 13.4. The molecule has 3 N–H and O–H groups in total. The van der Waals surface area contributed by atoms with Crippen molar-refractivity contribution in [3.8, 4) is 5.75 Å². The van der Waals surface area contributed by atoms with E-state index < -0.39 is 11.9 Å². The Hall–Kier alpha value is -2.08. The first-order chi connectivity index (χ1) is 9.08. The summed E-state index contributed by atoms with van der Waals surface area (Å²) in [6.07, 6.45) is 2.08. The maximum atomic E-state index is 11.1. The summed E-state index contributed by atoms with van der Waals surface area (Å²) in [6, 6.07) is 4.07. The molecule has 19 heavy (non-hydrogen) atoms. The normalized spacial score (nSPS) is 18.2. The van der Waals surface area contributed by atoms with E-state index in [1.165, 1.54) is 12.1 Å². The van der Waals surface area contributed by atoms with Gasteiger partial charge in [0.1, 0.15) is 17.9 Å². The van der Waals surface area contributed by atoms with E-state index in [4.69, 9.17) is 14.9 Å². The molecule has 0 spiro atoms. The van der Waals surface area contributed by atoms with Crippen molar-refractivity contribution in [3.05, 3.63) is 29.3 Å². The highest BCUT2D eigenvalue weighted by atomic mass is 16.5. The van der Waals surface area contributed by atoms with Gasteiger partial charge in [0, 0.05) is 6.04 Å². The smallest absolute Gasteiger partial charge is 0.339 e. The molecule has 1 unspecified atom stereocenters. The van der Waals surface area contributed by atoms with Crippen LogP contribution in [0.2, 0.25) is 0 Å². The zero-order valence-corrected chi connectivity index (χ0v) is 10.3. The largest absolute Gasteiger partial charge is 0.491 e. The van der Waals surface area contributed by atoms with Crippen LogP contribution in [0, 0.1) is 0 Å². The second kappa shape index (κ2) is 5.71. The van der Waals surface area contributed by atoms with Crippen LogP contribution in [0.4, 0.5) is 0 Å². The van der Waals surface area contributed by atoms with Crippen molar-refractivity contribution in [2.75, 3.05) is 13.2 Å². The predicted octanol–water partition coefficient (Wildman–Crippen LogP) is 1.21. The molecule has 1 saturated heterocycles. The van der Waals surface area contributed by atoms with Crippen molar-refractivity contribution in [3.63, 3.8) is 0 Å². The molecule has 102 valence electrons. The van der Waals surface area contributed by atoms with Crippen LogP contribution in [-0.4, -0.2) is 41.3 Å². The van der Waals surface area contributed by atoms with Gasteiger partial charge in [0.15, 0.2) is 0 Å². The molecule has 6 nitrogen and oxygen atoms in total. The molecule has 1 heterocycles. The van der Waals surface area contributed by atoms with Gasteiger partial charge in [-0.15, -0.1) is 0 Å². The molecule has 6 heteroatoms. The van der Waals surface area contributed by atoms with E-state index >= 15 is 0 Å². The molecule has 2 rings (SSSR count). The number of carbonyl (C=O) groups is 2. The van der Waals surface area contributed by atoms with Gasteiger partial charge >= 0.3 is 11.9 Å². The van der Waals surface area contributed by atoms with Crippen molar-refractivity contribution < 1.29 is 24.5 Å². The van der Waals surface area contributed by atoms with Gasteiger partial charge in [-0.1, -0.05) is 0 Å². The SMILES string of the molecule is O=C(O)c1ccc(OCC2CCCN2)c(C(=O)O)c1. The van der Waals surface area contributed by atoms with E-state index in [0.29, 0.717) is 6.61 Å². The summed E-state index contributed by atoms with van der Waals surface area (Å²) in [7, 11) is 0. The Morgan fingerprint density at radius 2 is 2.11 bits per heavy atom. The van der Waals surface area contributed by atoms with Crippen LogP contribution in [0.1, 0.15) is 33.6 Å². The molecule has 1 aromatic rings. The van der Waals surface area contributed by atoms with Gasteiger partial charge in [-0.3, -0.25) is 0 Å². The van der Waals surface area contributed by atoms with Gasteiger partial charge in [0.25, 0.3) is 0 Å². The van der Waals surface area contributed by atoms with Crippen LogP contribution in [-0.2, 0) is 0 Å². The van der Waals surface area contributed by atoms with Gasteiger partial charge < -0.3 is 20.3 Å². The summed E-state index contributed by atoms with van der Waals surface area (Å²) in [5, 5.41) is 21.2. The Labute approximate surface area is 110 Å². The number of benzene rings is 1. The first-order valence-corrected chi connectivity index (χ1v) is 6.05. The zero-order valence-electron chi connectivity index (χ0n) is 10.3. The number of aromatic carboxylic acids is 2. The Morgan fingerprint density at radius 3 is 2.68 bits per heavy atom. The van der Waals surface area contributed by atoms with Gasteiger partial charge in [0.2, 0.25) is 0 Å². The Kier molecular flexibility index (Phi) is 4.01. The summed E-state index contributed by atoms with van der Waals surface area (Å²) in [5.74, 6) is -2.16. The molecule has 0 aromatic heterocycles. The van der Waals surface area contributed by atoms with Crippen LogP contribution in [0.5, 0.6) is 5.75 Å². The fourth-order valence-corrected chi connectivity index (χ4v) is 2.05. The molecule has 1 fully saturated rings. The lowest BCUT2D eigenvalue weighted by Gasteiger charge is -2.14. The fourth-order valence-electron chi connectivity index (χ4n) is 2.05. The monoisotopic (exact) mass is 265 g/mol. The minimum atomic E-state index is -1.20. The number of nitrogens with one attached hydrogen (secondary N) is 1. The highest BCUT2D eigenvalue weighted by Gasteiger charge is 2.18. The summed E-state index contributed by atoms with van der Waals surface area (Å²) in [6.45, 7) is 1.32. The molecule has 1 aromatic carbocycles. The summed E-state index contributed by atoms with van der Waals surface area (Å²) in [4.78, 5) is 21.9. The third kappa shape index (κ3) is 3.23. The van der Waals surface area contributed by atoms with E-state index in [-0.39, 0.29) is 22.9 Å². The molecular formula is C13H15NO5. The standard InChI is InChI=1S/C13H15NO5/c15-12(16)8-3-4-11(10(6-8)13(17)18)19-7-9-2-1-5-14-9/h3-4,6,9,14H,1-2,5,7H2,(H,15,16)(H,17,18). The highest BCUT2D eigenvalue weighted by molar-refractivity contribution is 5.95. The average molecular weight is 265 g/mol. The number of carboxylic acid groups (broad SMARTS) is 2. The first-order valence-electron chi connectivity index (χ1n) is 6.05. The fraction of sp³-hybridized carbons (Fsp3) is 0.385.